The fraction of sp³-hybridized carbons (Fsp3) is 0.556. The minimum absolute atomic E-state index is 0.0307. The molecule has 0 unspecified atom stereocenters. The van der Waals surface area contributed by atoms with E-state index >= 15 is 0 Å². The van der Waals surface area contributed by atoms with Gasteiger partial charge in [-0.25, -0.2) is 4.68 Å². The van der Waals surface area contributed by atoms with E-state index in [4.69, 9.17) is 23.2 Å². The van der Waals surface area contributed by atoms with Gasteiger partial charge in [0.05, 0.1) is 16.8 Å². The molecule has 0 bridgehead atoms. The van der Waals surface area contributed by atoms with Crippen molar-refractivity contribution in [2.24, 2.45) is 0 Å². The minimum atomic E-state index is -0.342. The van der Waals surface area contributed by atoms with Crippen LogP contribution in [0, 0.1) is 0 Å². The topological polar surface area (TPSA) is 34.9 Å². The van der Waals surface area contributed by atoms with Crippen LogP contribution in [-0.4, -0.2) is 9.78 Å². The van der Waals surface area contributed by atoms with Crippen LogP contribution in [0.3, 0.4) is 0 Å². The van der Waals surface area contributed by atoms with Gasteiger partial charge in [-0.05, 0) is 20.3 Å². The van der Waals surface area contributed by atoms with E-state index in [2.05, 4.69) is 5.10 Å². The summed E-state index contributed by atoms with van der Waals surface area (Å²) >= 11 is 11.4. The average molecular weight is 235 g/mol. The van der Waals surface area contributed by atoms with Crippen molar-refractivity contribution in [3.05, 3.63) is 26.6 Å². The molecule has 0 fully saturated rings. The Morgan fingerprint density at radius 2 is 2.07 bits per heavy atom. The molecule has 0 saturated heterocycles. The normalized spacial score (nSPS) is 11.8. The van der Waals surface area contributed by atoms with Crippen molar-refractivity contribution in [3.8, 4) is 0 Å². The summed E-state index contributed by atoms with van der Waals surface area (Å²) in [7, 11) is 0. The van der Waals surface area contributed by atoms with E-state index in [1.807, 2.05) is 20.8 Å². The highest BCUT2D eigenvalue weighted by Crippen LogP contribution is 2.20. The molecule has 0 radical (unpaired) electrons. The molecule has 14 heavy (non-hydrogen) atoms. The molecular formula is C9H12Cl2N2O. The lowest BCUT2D eigenvalue weighted by Gasteiger charge is -2.24. The van der Waals surface area contributed by atoms with Crippen molar-refractivity contribution in [1.29, 1.82) is 0 Å². The van der Waals surface area contributed by atoms with E-state index in [1.54, 1.807) is 0 Å². The van der Waals surface area contributed by atoms with Crippen molar-refractivity contribution in [3.63, 3.8) is 0 Å². The summed E-state index contributed by atoms with van der Waals surface area (Å²) < 4.78 is 1.36. The molecule has 0 aliphatic rings. The quantitative estimate of drug-likeness (QED) is 0.789. The zero-order valence-corrected chi connectivity index (χ0v) is 9.85. The van der Waals surface area contributed by atoms with E-state index in [-0.39, 0.29) is 21.1 Å². The molecule has 0 spiro atoms. The van der Waals surface area contributed by atoms with Crippen LogP contribution >= 0.6 is 23.2 Å². The molecule has 3 nitrogen and oxygen atoms in total. The summed E-state index contributed by atoms with van der Waals surface area (Å²) in [4.78, 5) is 11.7. The molecule has 1 aromatic rings. The van der Waals surface area contributed by atoms with Gasteiger partial charge < -0.3 is 0 Å². The van der Waals surface area contributed by atoms with E-state index in [0.29, 0.717) is 0 Å². The highest BCUT2D eigenvalue weighted by atomic mass is 35.5. The van der Waals surface area contributed by atoms with Crippen molar-refractivity contribution in [2.75, 3.05) is 0 Å². The standard InChI is InChI=1S/C9H12Cl2N2O/c1-4-9(2,3)13-8(14)7(11)6(10)5-12-13/h5H,4H2,1-3H3. The van der Waals surface area contributed by atoms with Gasteiger partial charge in [-0.15, -0.1) is 0 Å². The Morgan fingerprint density at radius 1 is 1.50 bits per heavy atom. The summed E-state index contributed by atoms with van der Waals surface area (Å²) in [6.07, 6.45) is 2.18. The van der Waals surface area contributed by atoms with Crippen LogP contribution in [-0.2, 0) is 5.54 Å². The molecular weight excluding hydrogens is 223 g/mol. The maximum absolute atomic E-state index is 11.7. The fourth-order valence-corrected chi connectivity index (χ4v) is 1.25. The Kier molecular flexibility index (Phi) is 3.22. The molecule has 0 amide bonds. The minimum Gasteiger partial charge on any atom is -0.266 e. The van der Waals surface area contributed by atoms with Crippen LogP contribution in [0.2, 0.25) is 10.0 Å². The number of hydrogen-bond donors (Lipinski definition) is 0. The zero-order valence-electron chi connectivity index (χ0n) is 8.34. The molecule has 78 valence electrons. The van der Waals surface area contributed by atoms with Gasteiger partial charge in [-0.1, -0.05) is 30.1 Å². The summed E-state index contributed by atoms with van der Waals surface area (Å²) in [6, 6.07) is 0. The number of nitrogens with zero attached hydrogens (tertiary/aromatic N) is 2. The second kappa shape index (κ2) is 3.91. The van der Waals surface area contributed by atoms with Crippen molar-refractivity contribution < 1.29 is 0 Å². The number of halogens is 2. The van der Waals surface area contributed by atoms with Gasteiger partial charge in [0.2, 0.25) is 0 Å². The lowest BCUT2D eigenvalue weighted by molar-refractivity contribution is 0.293. The van der Waals surface area contributed by atoms with Gasteiger partial charge in [0, 0.05) is 0 Å². The van der Waals surface area contributed by atoms with Crippen molar-refractivity contribution in [1.82, 2.24) is 9.78 Å². The summed E-state index contributed by atoms with van der Waals surface area (Å²) in [5, 5.41) is 4.19. The molecule has 0 atom stereocenters. The molecule has 0 aromatic carbocycles. The predicted octanol–water partition coefficient (Wildman–Crippen LogP) is 2.70. The smallest absolute Gasteiger partial charge is 0.266 e. The predicted molar refractivity (Wildman–Crippen MR) is 58.1 cm³/mol. The summed E-state index contributed by atoms with van der Waals surface area (Å²) in [5.41, 5.74) is -0.684. The number of aromatic nitrogens is 2. The fourth-order valence-electron chi connectivity index (χ4n) is 0.994. The molecule has 1 heterocycles. The van der Waals surface area contributed by atoms with Crippen LogP contribution in [0.1, 0.15) is 27.2 Å². The van der Waals surface area contributed by atoms with E-state index < -0.39 is 0 Å². The van der Waals surface area contributed by atoms with E-state index in [9.17, 15) is 4.79 Å². The average Bonchev–Trinajstić information content (AvgIpc) is 2.14. The Balaban J connectivity index is 3.39. The highest BCUT2D eigenvalue weighted by Gasteiger charge is 2.22. The Labute approximate surface area is 92.6 Å². The molecule has 5 heteroatoms. The van der Waals surface area contributed by atoms with Gasteiger partial charge >= 0.3 is 0 Å². The lowest BCUT2D eigenvalue weighted by Crippen LogP contribution is -2.37. The highest BCUT2D eigenvalue weighted by molar-refractivity contribution is 6.41. The third-order valence-electron chi connectivity index (χ3n) is 2.31. The van der Waals surface area contributed by atoms with E-state index in [1.165, 1.54) is 10.9 Å². The van der Waals surface area contributed by atoms with Crippen molar-refractivity contribution in [2.45, 2.75) is 32.7 Å². The lowest BCUT2D eigenvalue weighted by atomic mass is 10.0. The van der Waals surface area contributed by atoms with Gasteiger partial charge in [0.15, 0.2) is 0 Å². The molecule has 0 aliphatic heterocycles. The maximum Gasteiger partial charge on any atom is 0.287 e. The Bertz CT molecular complexity index is 398. The molecule has 1 rings (SSSR count). The first-order chi connectivity index (χ1) is 6.40. The number of hydrogen-bond acceptors (Lipinski definition) is 2. The largest absolute Gasteiger partial charge is 0.287 e. The Hall–Kier alpha value is -0.540. The van der Waals surface area contributed by atoms with Crippen LogP contribution in [0.5, 0.6) is 0 Å². The van der Waals surface area contributed by atoms with Crippen LogP contribution in [0.15, 0.2) is 11.0 Å². The zero-order chi connectivity index (χ0) is 10.9. The first-order valence-electron chi connectivity index (χ1n) is 4.34. The molecule has 0 saturated carbocycles. The maximum atomic E-state index is 11.7. The van der Waals surface area contributed by atoms with Crippen LogP contribution in [0.25, 0.3) is 0 Å². The van der Waals surface area contributed by atoms with Crippen molar-refractivity contribution >= 4 is 23.2 Å². The second-order valence-corrected chi connectivity index (χ2v) is 4.47. The van der Waals surface area contributed by atoms with Gasteiger partial charge in [-0.2, -0.15) is 5.10 Å². The van der Waals surface area contributed by atoms with Crippen LogP contribution < -0.4 is 5.56 Å². The van der Waals surface area contributed by atoms with Gasteiger partial charge in [0.1, 0.15) is 5.02 Å². The molecule has 0 aliphatic carbocycles. The van der Waals surface area contributed by atoms with E-state index in [0.717, 1.165) is 6.42 Å². The molecule has 0 N–H and O–H groups in total. The summed E-state index contributed by atoms with van der Waals surface area (Å²) in [6.45, 7) is 5.83. The third-order valence-corrected chi connectivity index (χ3v) is 3.06. The number of rotatable bonds is 2. The monoisotopic (exact) mass is 234 g/mol. The van der Waals surface area contributed by atoms with Crippen LogP contribution in [0.4, 0.5) is 0 Å². The SMILES string of the molecule is CCC(C)(C)n1ncc(Cl)c(Cl)c1=O. The second-order valence-electron chi connectivity index (χ2n) is 3.69. The molecule has 1 aromatic heterocycles. The first kappa shape index (κ1) is 11.5. The first-order valence-corrected chi connectivity index (χ1v) is 5.09. The third kappa shape index (κ3) is 1.93. The van der Waals surface area contributed by atoms with Gasteiger partial charge in [0.25, 0.3) is 5.56 Å². The van der Waals surface area contributed by atoms with Gasteiger partial charge in [-0.3, -0.25) is 4.79 Å². The summed E-state index contributed by atoms with van der Waals surface area (Å²) in [5.74, 6) is 0. The Morgan fingerprint density at radius 3 is 2.57 bits per heavy atom.